The van der Waals surface area contributed by atoms with Gasteiger partial charge >= 0.3 is 0 Å². The topological polar surface area (TPSA) is 0 Å². The molecule has 1 aromatic carbocycles. The number of benzene rings is 1. The normalized spacial score (nSPS) is 21.8. The van der Waals surface area contributed by atoms with Crippen LogP contribution >= 0.6 is 0 Å². The Morgan fingerprint density at radius 3 is 2.71 bits per heavy atom. The molecule has 0 unspecified atom stereocenters. The molecule has 14 heavy (non-hydrogen) atoms. The number of allylic oxidation sites excluding steroid dienone is 1. The summed E-state index contributed by atoms with van der Waals surface area (Å²) in [5, 5.41) is 0. The minimum Gasteiger partial charge on any atom is -0.0733 e. The SMILES string of the molecule is Cc1ccc2c(c1)C1(C=C2)CCCC1. The third kappa shape index (κ3) is 1.00. The van der Waals surface area contributed by atoms with Crippen LogP contribution in [0.3, 0.4) is 0 Å². The second-order valence-corrected chi connectivity index (χ2v) is 4.79. The van der Waals surface area contributed by atoms with Crippen LogP contribution in [0.1, 0.15) is 42.4 Å². The standard InChI is InChI=1S/C14H16/c1-11-4-5-12-6-9-14(13(12)10-11)7-2-3-8-14/h4-6,9-10H,2-3,7-8H2,1H3. The molecule has 0 saturated heterocycles. The molecular formula is C14H16. The summed E-state index contributed by atoms with van der Waals surface area (Å²) in [6.07, 6.45) is 10.3. The molecule has 1 spiro atoms. The minimum absolute atomic E-state index is 0.432. The van der Waals surface area contributed by atoms with Crippen LogP contribution < -0.4 is 0 Å². The number of hydrogen-bond donors (Lipinski definition) is 0. The molecule has 0 amide bonds. The molecule has 0 bridgehead atoms. The lowest BCUT2D eigenvalue weighted by Crippen LogP contribution is -2.16. The molecule has 0 N–H and O–H groups in total. The van der Waals surface area contributed by atoms with E-state index in [1.165, 1.54) is 36.8 Å². The first-order chi connectivity index (χ1) is 6.80. The van der Waals surface area contributed by atoms with Crippen molar-refractivity contribution in [3.63, 3.8) is 0 Å². The highest BCUT2D eigenvalue weighted by Gasteiger charge is 2.37. The molecule has 0 heterocycles. The van der Waals surface area contributed by atoms with Crippen LogP contribution in [0.4, 0.5) is 0 Å². The van der Waals surface area contributed by atoms with Crippen LogP contribution in [-0.4, -0.2) is 0 Å². The van der Waals surface area contributed by atoms with Crippen molar-refractivity contribution in [2.24, 2.45) is 0 Å². The van der Waals surface area contributed by atoms with Gasteiger partial charge in [0.25, 0.3) is 0 Å². The van der Waals surface area contributed by atoms with Gasteiger partial charge in [-0.3, -0.25) is 0 Å². The first-order valence-corrected chi connectivity index (χ1v) is 5.61. The van der Waals surface area contributed by atoms with Crippen LogP contribution in [0.2, 0.25) is 0 Å². The van der Waals surface area contributed by atoms with Gasteiger partial charge in [-0.2, -0.15) is 0 Å². The van der Waals surface area contributed by atoms with Gasteiger partial charge in [-0.05, 0) is 30.9 Å². The Kier molecular flexibility index (Phi) is 1.61. The second kappa shape index (κ2) is 2.73. The lowest BCUT2D eigenvalue weighted by Gasteiger charge is -2.23. The zero-order valence-corrected chi connectivity index (χ0v) is 8.72. The van der Waals surface area contributed by atoms with Crippen molar-refractivity contribution in [2.45, 2.75) is 38.0 Å². The first-order valence-electron chi connectivity index (χ1n) is 5.61. The van der Waals surface area contributed by atoms with Crippen LogP contribution in [0.5, 0.6) is 0 Å². The maximum Gasteiger partial charge on any atom is 0.0141 e. The fourth-order valence-electron chi connectivity index (χ4n) is 3.03. The lowest BCUT2D eigenvalue weighted by molar-refractivity contribution is 0.567. The number of rotatable bonds is 0. The lowest BCUT2D eigenvalue weighted by atomic mass is 9.80. The van der Waals surface area contributed by atoms with Gasteiger partial charge in [0.2, 0.25) is 0 Å². The molecular weight excluding hydrogens is 168 g/mol. The van der Waals surface area contributed by atoms with Crippen LogP contribution in [0.15, 0.2) is 24.3 Å². The predicted octanol–water partition coefficient (Wildman–Crippen LogP) is 3.83. The number of fused-ring (bicyclic) bond motifs is 2. The van der Waals surface area contributed by atoms with Crippen LogP contribution in [-0.2, 0) is 5.41 Å². The van der Waals surface area contributed by atoms with E-state index in [0.29, 0.717) is 5.41 Å². The summed E-state index contributed by atoms with van der Waals surface area (Å²) in [5.41, 5.74) is 4.88. The van der Waals surface area contributed by atoms with Crippen molar-refractivity contribution in [1.29, 1.82) is 0 Å². The van der Waals surface area contributed by atoms with Gasteiger partial charge in [-0.15, -0.1) is 0 Å². The van der Waals surface area contributed by atoms with Gasteiger partial charge in [0.15, 0.2) is 0 Å². The van der Waals surface area contributed by atoms with E-state index in [4.69, 9.17) is 0 Å². The Morgan fingerprint density at radius 2 is 1.93 bits per heavy atom. The summed E-state index contributed by atoms with van der Waals surface area (Å²) < 4.78 is 0. The summed E-state index contributed by atoms with van der Waals surface area (Å²) in [4.78, 5) is 0. The van der Waals surface area contributed by atoms with Gasteiger partial charge in [-0.1, -0.05) is 48.8 Å². The molecule has 0 nitrogen and oxygen atoms in total. The zero-order valence-electron chi connectivity index (χ0n) is 8.72. The highest BCUT2D eigenvalue weighted by atomic mass is 14.4. The molecule has 0 heteroatoms. The third-order valence-corrected chi connectivity index (χ3v) is 3.82. The Balaban J connectivity index is 2.16. The highest BCUT2D eigenvalue weighted by molar-refractivity contribution is 5.66. The van der Waals surface area contributed by atoms with Gasteiger partial charge in [0.05, 0.1) is 0 Å². The van der Waals surface area contributed by atoms with Crippen LogP contribution in [0.25, 0.3) is 6.08 Å². The Labute approximate surface area is 85.6 Å². The molecule has 0 radical (unpaired) electrons. The van der Waals surface area contributed by atoms with Crippen molar-refractivity contribution >= 4 is 6.08 Å². The molecule has 72 valence electrons. The second-order valence-electron chi connectivity index (χ2n) is 4.79. The van der Waals surface area contributed by atoms with Gasteiger partial charge in [0.1, 0.15) is 0 Å². The van der Waals surface area contributed by atoms with E-state index in [9.17, 15) is 0 Å². The van der Waals surface area contributed by atoms with E-state index in [0.717, 1.165) is 0 Å². The highest BCUT2D eigenvalue weighted by Crippen LogP contribution is 2.47. The van der Waals surface area contributed by atoms with Crippen molar-refractivity contribution in [2.75, 3.05) is 0 Å². The first kappa shape index (κ1) is 8.28. The van der Waals surface area contributed by atoms with E-state index in [1.807, 2.05) is 0 Å². The van der Waals surface area contributed by atoms with E-state index >= 15 is 0 Å². The summed E-state index contributed by atoms with van der Waals surface area (Å²) in [6.45, 7) is 2.20. The quantitative estimate of drug-likeness (QED) is 0.574. The molecule has 1 aromatic rings. The molecule has 3 rings (SSSR count). The van der Waals surface area contributed by atoms with E-state index in [-0.39, 0.29) is 0 Å². The average molecular weight is 184 g/mol. The predicted molar refractivity (Wildman–Crippen MR) is 60.4 cm³/mol. The minimum atomic E-state index is 0.432. The Morgan fingerprint density at radius 1 is 1.14 bits per heavy atom. The smallest absolute Gasteiger partial charge is 0.0141 e. The summed E-state index contributed by atoms with van der Waals surface area (Å²) in [6, 6.07) is 6.88. The fraction of sp³-hybridized carbons (Fsp3) is 0.429. The summed E-state index contributed by atoms with van der Waals surface area (Å²) in [7, 11) is 0. The van der Waals surface area contributed by atoms with E-state index < -0.39 is 0 Å². The number of hydrogen-bond acceptors (Lipinski definition) is 0. The molecule has 0 atom stereocenters. The Hall–Kier alpha value is -1.04. The van der Waals surface area contributed by atoms with Crippen molar-refractivity contribution in [3.05, 3.63) is 41.0 Å². The zero-order chi connectivity index (χ0) is 9.60. The summed E-state index contributed by atoms with van der Waals surface area (Å²) in [5.74, 6) is 0. The molecule has 0 aromatic heterocycles. The average Bonchev–Trinajstić information content (AvgIpc) is 2.77. The van der Waals surface area contributed by atoms with Crippen molar-refractivity contribution < 1.29 is 0 Å². The maximum absolute atomic E-state index is 2.45. The molecule has 1 saturated carbocycles. The van der Waals surface area contributed by atoms with Gasteiger partial charge in [0, 0.05) is 5.41 Å². The van der Waals surface area contributed by atoms with Crippen molar-refractivity contribution in [3.8, 4) is 0 Å². The fourth-order valence-corrected chi connectivity index (χ4v) is 3.03. The summed E-state index contributed by atoms with van der Waals surface area (Å²) >= 11 is 0. The van der Waals surface area contributed by atoms with Crippen LogP contribution in [0, 0.1) is 6.92 Å². The molecule has 2 aliphatic rings. The van der Waals surface area contributed by atoms with Gasteiger partial charge < -0.3 is 0 Å². The van der Waals surface area contributed by atoms with Crippen molar-refractivity contribution in [1.82, 2.24) is 0 Å². The third-order valence-electron chi connectivity index (χ3n) is 3.82. The van der Waals surface area contributed by atoms with E-state index in [1.54, 1.807) is 5.56 Å². The van der Waals surface area contributed by atoms with Gasteiger partial charge in [-0.25, -0.2) is 0 Å². The number of aryl methyl sites for hydroxylation is 1. The Bertz CT molecular complexity index is 392. The monoisotopic (exact) mass is 184 g/mol. The largest absolute Gasteiger partial charge is 0.0733 e. The molecule has 1 fully saturated rings. The van der Waals surface area contributed by atoms with E-state index in [2.05, 4.69) is 37.3 Å². The molecule has 2 aliphatic carbocycles. The maximum atomic E-state index is 2.45. The molecule has 0 aliphatic heterocycles.